The first-order valence-electron chi connectivity index (χ1n) is 5.30. The van der Waals surface area contributed by atoms with Gasteiger partial charge in [0.25, 0.3) is 0 Å². The molecular formula is C13H14ClNO2. The zero-order valence-corrected chi connectivity index (χ0v) is 10.4. The van der Waals surface area contributed by atoms with Crippen LogP contribution in [0.15, 0.2) is 18.2 Å². The number of benzene rings is 1. The first-order valence-corrected chi connectivity index (χ1v) is 5.84. The molecule has 1 aromatic carbocycles. The maximum Gasteiger partial charge on any atom is 0.338 e. The number of nitrogen functional groups attached to an aromatic ring is 1. The summed E-state index contributed by atoms with van der Waals surface area (Å²) in [6, 6.07) is 4.91. The molecule has 0 spiro atoms. The molecule has 2 N–H and O–H groups in total. The maximum absolute atomic E-state index is 11.5. The topological polar surface area (TPSA) is 52.3 Å². The Morgan fingerprint density at radius 3 is 2.94 bits per heavy atom. The molecule has 4 heteroatoms. The molecule has 0 fully saturated rings. The molecule has 0 aromatic heterocycles. The number of nitrogens with two attached hydrogens (primary N) is 1. The Hall–Kier alpha value is -1.66. The molecule has 0 aliphatic carbocycles. The lowest BCUT2D eigenvalue weighted by Gasteiger charge is -2.03. The van der Waals surface area contributed by atoms with Gasteiger partial charge >= 0.3 is 5.97 Å². The molecular weight excluding hydrogens is 238 g/mol. The summed E-state index contributed by atoms with van der Waals surface area (Å²) in [6.07, 6.45) is 0.588. The molecule has 0 radical (unpaired) electrons. The van der Waals surface area contributed by atoms with E-state index in [1.807, 2.05) is 0 Å². The van der Waals surface area contributed by atoms with Crippen LogP contribution in [0.5, 0.6) is 0 Å². The van der Waals surface area contributed by atoms with Gasteiger partial charge in [0.1, 0.15) is 0 Å². The Kier molecular flexibility index (Phi) is 5.38. The summed E-state index contributed by atoms with van der Waals surface area (Å²) in [7, 11) is 0. The molecule has 17 heavy (non-hydrogen) atoms. The van der Waals surface area contributed by atoms with Gasteiger partial charge in [-0.05, 0) is 25.1 Å². The van der Waals surface area contributed by atoms with E-state index < -0.39 is 0 Å². The molecule has 0 atom stereocenters. The number of anilines is 1. The molecule has 0 bridgehead atoms. The first kappa shape index (κ1) is 13.4. The first-order chi connectivity index (χ1) is 8.19. The third kappa shape index (κ3) is 4.01. The van der Waals surface area contributed by atoms with Gasteiger partial charge in [-0.25, -0.2) is 4.79 Å². The van der Waals surface area contributed by atoms with Crippen LogP contribution in [0.1, 0.15) is 29.3 Å². The molecule has 90 valence electrons. The van der Waals surface area contributed by atoms with E-state index in [1.165, 1.54) is 0 Å². The fraction of sp³-hybridized carbons (Fsp3) is 0.308. The van der Waals surface area contributed by atoms with Crippen molar-refractivity contribution < 1.29 is 9.53 Å². The second-order valence-electron chi connectivity index (χ2n) is 3.26. The van der Waals surface area contributed by atoms with Crippen LogP contribution in [-0.4, -0.2) is 18.5 Å². The molecule has 0 aliphatic rings. The standard InChI is InChI=1S/C13H14ClNO2/c1-2-17-13(16)11-6-7-12(15)10(9-11)5-3-4-8-14/h6-7,9H,2,4,8,15H2,1H3. The zero-order valence-electron chi connectivity index (χ0n) is 9.63. The number of rotatable bonds is 3. The van der Waals surface area contributed by atoms with E-state index in [1.54, 1.807) is 25.1 Å². The lowest BCUT2D eigenvalue weighted by Crippen LogP contribution is -2.05. The molecule has 3 nitrogen and oxygen atoms in total. The van der Waals surface area contributed by atoms with Crippen LogP contribution in [0.4, 0.5) is 5.69 Å². The van der Waals surface area contributed by atoms with Crippen LogP contribution in [0.3, 0.4) is 0 Å². The number of hydrogen-bond donors (Lipinski definition) is 1. The largest absolute Gasteiger partial charge is 0.462 e. The van der Waals surface area contributed by atoms with E-state index in [-0.39, 0.29) is 5.97 Å². The molecule has 0 saturated heterocycles. The van der Waals surface area contributed by atoms with Crippen LogP contribution in [-0.2, 0) is 4.74 Å². The van der Waals surface area contributed by atoms with E-state index in [4.69, 9.17) is 22.1 Å². The Balaban J connectivity index is 2.95. The van der Waals surface area contributed by atoms with Crippen molar-refractivity contribution >= 4 is 23.3 Å². The number of carbonyl (C=O) groups is 1. The Morgan fingerprint density at radius 1 is 1.53 bits per heavy atom. The van der Waals surface area contributed by atoms with E-state index >= 15 is 0 Å². The molecule has 1 aromatic rings. The van der Waals surface area contributed by atoms with E-state index in [0.717, 1.165) is 0 Å². The lowest BCUT2D eigenvalue weighted by atomic mass is 10.1. The second-order valence-corrected chi connectivity index (χ2v) is 3.64. The summed E-state index contributed by atoms with van der Waals surface area (Å²) >= 11 is 5.52. The van der Waals surface area contributed by atoms with Gasteiger partial charge in [-0.2, -0.15) is 0 Å². The second kappa shape index (κ2) is 6.82. The van der Waals surface area contributed by atoms with Crippen molar-refractivity contribution in [3.63, 3.8) is 0 Å². The Bertz CT molecular complexity index is 460. The fourth-order valence-electron chi connectivity index (χ4n) is 1.21. The van der Waals surface area contributed by atoms with Gasteiger partial charge in [0.2, 0.25) is 0 Å². The van der Waals surface area contributed by atoms with Crippen molar-refractivity contribution in [3.05, 3.63) is 29.3 Å². The minimum absolute atomic E-state index is 0.344. The molecule has 0 heterocycles. The van der Waals surface area contributed by atoms with Crippen molar-refractivity contribution in [2.24, 2.45) is 0 Å². The van der Waals surface area contributed by atoms with Crippen LogP contribution in [0.25, 0.3) is 0 Å². The van der Waals surface area contributed by atoms with Gasteiger partial charge in [-0.1, -0.05) is 11.8 Å². The molecule has 0 aliphatic heterocycles. The predicted molar refractivity (Wildman–Crippen MR) is 69.0 cm³/mol. The van der Waals surface area contributed by atoms with Crippen LogP contribution in [0, 0.1) is 11.8 Å². The van der Waals surface area contributed by atoms with Crippen molar-refractivity contribution in [2.75, 3.05) is 18.2 Å². The highest BCUT2D eigenvalue weighted by molar-refractivity contribution is 6.18. The maximum atomic E-state index is 11.5. The summed E-state index contributed by atoms with van der Waals surface area (Å²) in [5.41, 5.74) is 7.38. The smallest absolute Gasteiger partial charge is 0.338 e. The average molecular weight is 252 g/mol. The van der Waals surface area contributed by atoms with Gasteiger partial charge in [-0.3, -0.25) is 0 Å². The van der Waals surface area contributed by atoms with Crippen molar-refractivity contribution in [3.8, 4) is 11.8 Å². The minimum atomic E-state index is -0.368. The number of alkyl halides is 1. The lowest BCUT2D eigenvalue weighted by molar-refractivity contribution is 0.0526. The molecule has 0 saturated carbocycles. The van der Waals surface area contributed by atoms with Crippen molar-refractivity contribution in [2.45, 2.75) is 13.3 Å². The van der Waals surface area contributed by atoms with E-state index in [9.17, 15) is 4.79 Å². The number of carbonyl (C=O) groups excluding carboxylic acids is 1. The highest BCUT2D eigenvalue weighted by atomic mass is 35.5. The fourth-order valence-corrected chi connectivity index (χ4v) is 1.31. The molecule has 1 rings (SSSR count). The van der Waals surface area contributed by atoms with Gasteiger partial charge in [0.15, 0.2) is 0 Å². The Morgan fingerprint density at radius 2 is 2.29 bits per heavy atom. The van der Waals surface area contributed by atoms with Crippen molar-refractivity contribution in [1.82, 2.24) is 0 Å². The Labute approximate surface area is 106 Å². The van der Waals surface area contributed by atoms with Crippen molar-refractivity contribution in [1.29, 1.82) is 0 Å². The van der Waals surface area contributed by atoms with E-state index in [0.29, 0.717) is 35.7 Å². The predicted octanol–water partition coefficient (Wildman–Crippen LogP) is 2.43. The number of hydrogen-bond acceptors (Lipinski definition) is 3. The summed E-state index contributed by atoms with van der Waals surface area (Å²) in [5.74, 6) is 5.87. The summed E-state index contributed by atoms with van der Waals surface area (Å²) in [6.45, 7) is 2.10. The molecule has 0 unspecified atom stereocenters. The normalized spacial score (nSPS) is 9.29. The third-order valence-corrected chi connectivity index (χ3v) is 2.20. The summed E-state index contributed by atoms with van der Waals surface area (Å²) in [4.78, 5) is 11.5. The molecule has 0 amide bonds. The van der Waals surface area contributed by atoms with Crippen LogP contribution < -0.4 is 5.73 Å². The number of esters is 1. The van der Waals surface area contributed by atoms with Crippen LogP contribution >= 0.6 is 11.6 Å². The number of ether oxygens (including phenoxy) is 1. The van der Waals surface area contributed by atoms with Gasteiger partial charge in [0, 0.05) is 23.6 Å². The SMILES string of the molecule is CCOC(=O)c1ccc(N)c(C#CCCCl)c1. The highest BCUT2D eigenvalue weighted by Gasteiger charge is 2.07. The zero-order chi connectivity index (χ0) is 12.7. The highest BCUT2D eigenvalue weighted by Crippen LogP contribution is 2.14. The van der Waals surface area contributed by atoms with Gasteiger partial charge in [-0.15, -0.1) is 11.6 Å². The third-order valence-electron chi connectivity index (χ3n) is 2.01. The quantitative estimate of drug-likeness (QED) is 0.389. The summed E-state index contributed by atoms with van der Waals surface area (Å²) < 4.78 is 4.90. The number of halogens is 1. The van der Waals surface area contributed by atoms with E-state index in [2.05, 4.69) is 11.8 Å². The van der Waals surface area contributed by atoms with Crippen LogP contribution in [0.2, 0.25) is 0 Å². The minimum Gasteiger partial charge on any atom is -0.462 e. The van der Waals surface area contributed by atoms with Gasteiger partial charge < -0.3 is 10.5 Å². The average Bonchev–Trinajstić information content (AvgIpc) is 2.32. The monoisotopic (exact) mass is 251 g/mol. The summed E-state index contributed by atoms with van der Waals surface area (Å²) in [5, 5.41) is 0. The van der Waals surface area contributed by atoms with Gasteiger partial charge in [0.05, 0.1) is 12.2 Å².